The molecule has 0 spiro atoms. The monoisotopic (exact) mass is 376 g/mol. The topological polar surface area (TPSA) is 164 Å². The Kier molecular flexibility index (Phi) is 20.1. The van der Waals surface area contributed by atoms with E-state index in [1.807, 2.05) is 0 Å². The van der Waals surface area contributed by atoms with Gasteiger partial charge in [0.2, 0.25) is 0 Å². The minimum Gasteiger partial charge on any atom is -0.481 e. The van der Waals surface area contributed by atoms with Crippen LogP contribution in [0.25, 0.3) is 0 Å². The molecule has 0 aromatic heterocycles. The van der Waals surface area contributed by atoms with E-state index < -0.39 is 23.9 Å². The van der Waals surface area contributed by atoms with Crippen molar-refractivity contribution in [2.75, 3.05) is 6.54 Å². The van der Waals surface area contributed by atoms with Crippen LogP contribution in [0.5, 0.6) is 0 Å². The van der Waals surface area contributed by atoms with Gasteiger partial charge in [-0.1, -0.05) is 44.9 Å². The predicted molar refractivity (Wildman–Crippen MR) is 100.0 cm³/mol. The van der Waals surface area contributed by atoms with Gasteiger partial charge in [0.05, 0.1) is 0 Å². The van der Waals surface area contributed by atoms with Crippen LogP contribution >= 0.6 is 0 Å². The van der Waals surface area contributed by atoms with Gasteiger partial charge in [-0.2, -0.15) is 0 Å². The number of carboxylic acids is 3. The smallest absolute Gasteiger partial charge is 0.320 e. The SMILES string of the molecule is NCCCCC(N)C(=O)O.O=C(O)CCCCCCCCCCC(=O)O. The number of rotatable bonds is 16. The second-order valence-corrected chi connectivity index (χ2v) is 6.35. The van der Waals surface area contributed by atoms with Gasteiger partial charge in [-0.15, -0.1) is 0 Å². The summed E-state index contributed by atoms with van der Waals surface area (Å²) in [5.41, 5.74) is 10.4. The van der Waals surface area contributed by atoms with Crippen LogP contribution in [0.15, 0.2) is 0 Å². The molecule has 0 fully saturated rings. The lowest BCUT2D eigenvalue weighted by Gasteiger charge is -2.03. The maximum Gasteiger partial charge on any atom is 0.320 e. The zero-order valence-electron chi connectivity index (χ0n) is 15.7. The third-order valence-corrected chi connectivity index (χ3v) is 3.82. The van der Waals surface area contributed by atoms with E-state index in [0.29, 0.717) is 13.0 Å². The molecule has 1 atom stereocenters. The fraction of sp³-hybridized carbons (Fsp3) is 0.833. The fourth-order valence-electron chi connectivity index (χ4n) is 2.25. The number of hydrogen-bond donors (Lipinski definition) is 5. The molecule has 26 heavy (non-hydrogen) atoms. The number of carboxylic acid groups (broad SMARTS) is 3. The Bertz CT molecular complexity index is 355. The summed E-state index contributed by atoms with van der Waals surface area (Å²) in [6.07, 6.45) is 10.7. The van der Waals surface area contributed by atoms with Crippen molar-refractivity contribution < 1.29 is 29.7 Å². The summed E-state index contributed by atoms with van der Waals surface area (Å²) in [5.74, 6) is -2.36. The third-order valence-electron chi connectivity index (χ3n) is 3.82. The molecule has 0 radical (unpaired) electrons. The number of unbranched alkanes of at least 4 members (excludes halogenated alkanes) is 8. The predicted octanol–water partition coefficient (Wildman–Crippen LogP) is 2.58. The highest BCUT2D eigenvalue weighted by molar-refractivity contribution is 5.72. The summed E-state index contributed by atoms with van der Waals surface area (Å²) >= 11 is 0. The van der Waals surface area contributed by atoms with Gasteiger partial charge in [0.25, 0.3) is 0 Å². The van der Waals surface area contributed by atoms with Crippen molar-refractivity contribution in [1.82, 2.24) is 0 Å². The zero-order chi connectivity index (χ0) is 20.2. The molecule has 0 saturated carbocycles. The first-order valence-corrected chi connectivity index (χ1v) is 9.43. The fourth-order valence-corrected chi connectivity index (χ4v) is 2.25. The normalized spacial score (nSPS) is 11.3. The maximum atomic E-state index is 10.2. The molecule has 0 rings (SSSR count). The Morgan fingerprint density at radius 1 is 0.654 bits per heavy atom. The van der Waals surface area contributed by atoms with Crippen molar-refractivity contribution >= 4 is 17.9 Å². The van der Waals surface area contributed by atoms with Gasteiger partial charge in [0.15, 0.2) is 0 Å². The van der Waals surface area contributed by atoms with Crippen molar-refractivity contribution in [2.45, 2.75) is 89.5 Å². The van der Waals surface area contributed by atoms with Crippen LogP contribution < -0.4 is 11.5 Å². The molecule has 0 heterocycles. The molecular weight excluding hydrogens is 340 g/mol. The summed E-state index contributed by atoms with van der Waals surface area (Å²) in [5, 5.41) is 25.1. The van der Waals surface area contributed by atoms with Crippen molar-refractivity contribution in [3.63, 3.8) is 0 Å². The van der Waals surface area contributed by atoms with Crippen LogP contribution in [0.3, 0.4) is 0 Å². The molecule has 1 unspecified atom stereocenters. The van der Waals surface area contributed by atoms with Crippen LogP contribution in [0.4, 0.5) is 0 Å². The first-order chi connectivity index (χ1) is 12.3. The second kappa shape index (κ2) is 19.7. The summed E-state index contributed by atoms with van der Waals surface area (Å²) in [6.45, 7) is 0.604. The van der Waals surface area contributed by atoms with E-state index in [0.717, 1.165) is 64.2 Å². The largest absolute Gasteiger partial charge is 0.481 e. The number of aliphatic carboxylic acids is 3. The Labute approximate surface area is 155 Å². The lowest BCUT2D eigenvalue weighted by atomic mass is 10.1. The van der Waals surface area contributed by atoms with Gasteiger partial charge in [-0.25, -0.2) is 0 Å². The number of hydrogen-bond acceptors (Lipinski definition) is 5. The Morgan fingerprint density at radius 2 is 1.04 bits per heavy atom. The summed E-state index contributed by atoms with van der Waals surface area (Å²) in [7, 11) is 0. The molecule has 0 aliphatic carbocycles. The number of carbonyl (C=O) groups is 3. The molecule has 0 aliphatic heterocycles. The molecule has 0 bridgehead atoms. The van der Waals surface area contributed by atoms with Gasteiger partial charge in [0, 0.05) is 12.8 Å². The van der Waals surface area contributed by atoms with Crippen LogP contribution in [-0.4, -0.2) is 45.8 Å². The molecule has 154 valence electrons. The lowest BCUT2D eigenvalue weighted by Crippen LogP contribution is -2.29. The van der Waals surface area contributed by atoms with Crippen LogP contribution in [0.1, 0.15) is 83.5 Å². The molecule has 0 aliphatic rings. The van der Waals surface area contributed by atoms with E-state index in [1.165, 1.54) is 0 Å². The van der Waals surface area contributed by atoms with Gasteiger partial charge in [-0.05, 0) is 32.2 Å². The van der Waals surface area contributed by atoms with E-state index in [1.54, 1.807) is 0 Å². The van der Waals surface area contributed by atoms with Crippen LogP contribution in [0.2, 0.25) is 0 Å². The standard InChI is InChI=1S/C12H22O4.C6H14N2O2/c13-11(14)9-7-5-3-1-2-4-6-8-10-12(15)16;7-4-2-1-3-5(8)6(9)10/h1-10H2,(H,13,14)(H,15,16);5H,1-4,7-8H2,(H,9,10). The van der Waals surface area contributed by atoms with Crippen molar-refractivity contribution in [2.24, 2.45) is 11.5 Å². The molecule has 0 aromatic carbocycles. The zero-order valence-corrected chi connectivity index (χ0v) is 15.7. The highest BCUT2D eigenvalue weighted by Crippen LogP contribution is 2.10. The minimum absolute atomic E-state index is 0.276. The molecular formula is C18H36N2O6. The van der Waals surface area contributed by atoms with Gasteiger partial charge >= 0.3 is 17.9 Å². The first kappa shape index (κ1) is 26.6. The molecule has 7 N–H and O–H groups in total. The molecule has 0 aromatic rings. The van der Waals surface area contributed by atoms with E-state index in [-0.39, 0.29) is 12.8 Å². The average Bonchev–Trinajstić information content (AvgIpc) is 2.56. The van der Waals surface area contributed by atoms with E-state index in [4.69, 9.17) is 26.8 Å². The van der Waals surface area contributed by atoms with Crippen molar-refractivity contribution in [1.29, 1.82) is 0 Å². The highest BCUT2D eigenvalue weighted by atomic mass is 16.4. The molecule has 0 saturated heterocycles. The second-order valence-electron chi connectivity index (χ2n) is 6.35. The summed E-state index contributed by atoms with van der Waals surface area (Å²) in [4.78, 5) is 30.6. The maximum absolute atomic E-state index is 10.2. The van der Waals surface area contributed by atoms with Crippen LogP contribution in [-0.2, 0) is 14.4 Å². The number of nitrogens with two attached hydrogens (primary N) is 2. The average molecular weight is 376 g/mol. The van der Waals surface area contributed by atoms with Gasteiger partial charge in [-0.3, -0.25) is 14.4 Å². The van der Waals surface area contributed by atoms with Crippen LogP contribution in [0, 0.1) is 0 Å². The Morgan fingerprint density at radius 3 is 1.35 bits per heavy atom. The van der Waals surface area contributed by atoms with Gasteiger partial charge in [0.1, 0.15) is 6.04 Å². The summed E-state index contributed by atoms with van der Waals surface area (Å²) in [6, 6.07) is -0.716. The first-order valence-electron chi connectivity index (χ1n) is 9.43. The van der Waals surface area contributed by atoms with Crippen molar-refractivity contribution in [3.8, 4) is 0 Å². The molecule has 8 nitrogen and oxygen atoms in total. The molecule has 8 heteroatoms. The van der Waals surface area contributed by atoms with E-state index in [9.17, 15) is 14.4 Å². The lowest BCUT2D eigenvalue weighted by molar-refractivity contribution is -0.139. The third kappa shape index (κ3) is 24.6. The summed E-state index contributed by atoms with van der Waals surface area (Å²) < 4.78 is 0. The quantitative estimate of drug-likeness (QED) is 0.256. The molecule has 0 amide bonds. The van der Waals surface area contributed by atoms with E-state index >= 15 is 0 Å². The minimum atomic E-state index is -0.933. The Balaban J connectivity index is 0. The van der Waals surface area contributed by atoms with Gasteiger partial charge < -0.3 is 26.8 Å². The van der Waals surface area contributed by atoms with Crippen molar-refractivity contribution in [3.05, 3.63) is 0 Å². The highest BCUT2D eigenvalue weighted by Gasteiger charge is 2.09. The Hall–Kier alpha value is -1.67. The van der Waals surface area contributed by atoms with E-state index in [2.05, 4.69) is 0 Å².